The topological polar surface area (TPSA) is 89.9 Å². The minimum Gasteiger partial charge on any atom is -0.481 e. The van der Waals surface area contributed by atoms with Gasteiger partial charge in [-0.15, -0.1) is 0 Å². The zero-order valence-corrected chi connectivity index (χ0v) is 16.1. The van der Waals surface area contributed by atoms with Gasteiger partial charge in [-0.3, -0.25) is 14.4 Å². The lowest BCUT2D eigenvalue weighted by Crippen LogP contribution is -2.42. The maximum absolute atomic E-state index is 11.7. The van der Waals surface area contributed by atoms with E-state index in [9.17, 15) is 19.5 Å². The van der Waals surface area contributed by atoms with E-state index in [-0.39, 0.29) is 20.2 Å². The minimum atomic E-state index is -0.985. The number of esters is 2. The van der Waals surface area contributed by atoms with E-state index >= 15 is 0 Å². The van der Waals surface area contributed by atoms with Gasteiger partial charge in [-0.2, -0.15) is 0 Å². The first-order chi connectivity index (χ1) is 9.72. The van der Waals surface area contributed by atoms with Crippen LogP contribution in [0.4, 0.5) is 0 Å². The number of alkyl halides is 2. The highest BCUT2D eigenvalue weighted by Crippen LogP contribution is 2.30. The molecule has 1 saturated carbocycles. The predicted octanol–water partition coefficient (Wildman–Crippen LogP) is 2.34. The average Bonchev–Trinajstić information content (AvgIpc) is 2.38. The van der Waals surface area contributed by atoms with Gasteiger partial charge in [-0.05, 0) is 26.7 Å². The first-order valence-electron chi connectivity index (χ1n) is 6.64. The van der Waals surface area contributed by atoms with E-state index in [4.69, 9.17) is 9.47 Å². The molecule has 0 spiro atoms. The zero-order valence-electron chi connectivity index (χ0n) is 11.8. The summed E-state index contributed by atoms with van der Waals surface area (Å²) in [7, 11) is 0. The molecule has 6 nitrogen and oxygen atoms in total. The highest BCUT2D eigenvalue weighted by molar-refractivity contribution is 14.1. The summed E-state index contributed by atoms with van der Waals surface area (Å²) < 4.78 is 9.98. The van der Waals surface area contributed by atoms with Crippen molar-refractivity contribution in [3.8, 4) is 0 Å². The normalized spacial score (nSPS) is 28.3. The van der Waals surface area contributed by atoms with Gasteiger partial charge in [0.1, 0.15) is 20.1 Å². The summed E-state index contributed by atoms with van der Waals surface area (Å²) in [6.07, 6.45) is -0.103. The SMILES string of the molecule is CC(I)C(=O)OC1CCC(C(=O)O)C(OC(=O)C(C)I)C1. The van der Waals surface area contributed by atoms with Gasteiger partial charge in [-0.25, -0.2) is 0 Å². The first-order valence-corrected chi connectivity index (χ1v) is 9.13. The first kappa shape index (κ1) is 18.9. The summed E-state index contributed by atoms with van der Waals surface area (Å²) in [4.78, 5) is 34.5. The van der Waals surface area contributed by atoms with Crippen LogP contribution in [0.2, 0.25) is 0 Å². The van der Waals surface area contributed by atoms with Crippen LogP contribution < -0.4 is 0 Å². The molecular formula is C13H18I2O6. The van der Waals surface area contributed by atoms with E-state index in [2.05, 4.69) is 0 Å². The maximum atomic E-state index is 11.7. The number of hydrogen-bond acceptors (Lipinski definition) is 5. The Kier molecular flexibility index (Phi) is 7.65. The lowest BCUT2D eigenvalue weighted by atomic mass is 9.84. The Morgan fingerprint density at radius 1 is 1.05 bits per heavy atom. The van der Waals surface area contributed by atoms with E-state index in [0.29, 0.717) is 12.8 Å². The molecular weight excluding hydrogens is 506 g/mol. The Balaban J connectivity index is 2.70. The number of aliphatic carboxylic acids is 1. The number of carboxylic acid groups (broad SMARTS) is 1. The number of ether oxygens (including phenoxy) is 2. The van der Waals surface area contributed by atoms with Crippen LogP contribution in [0.15, 0.2) is 0 Å². The Labute approximate surface area is 150 Å². The Morgan fingerprint density at radius 3 is 2.05 bits per heavy atom. The van der Waals surface area contributed by atoms with Gasteiger partial charge >= 0.3 is 17.9 Å². The molecule has 0 amide bonds. The average molecular weight is 524 g/mol. The smallest absolute Gasteiger partial charge is 0.318 e. The quantitative estimate of drug-likeness (QED) is 0.338. The number of halogens is 2. The molecule has 5 atom stereocenters. The molecule has 0 aromatic heterocycles. The maximum Gasteiger partial charge on any atom is 0.318 e. The van der Waals surface area contributed by atoms with Crippen LogP contribution >= 0.6 is 45.2 Å². The third-order valence-corrected chi connectivity index (χ3v) is 4.28. The van der Waals surface area contributed by atoms with Crippen molar-refractivity contribution >= 4 is 63.1 Å². The molecule has 1 N–H and O–H groups in total. The third kappa shape index (κ3) is 5.87. The molecule has 21 heavy (non-hydrogen) atoms. The second kappa shape index (κ2) is 8.49. The van der Waals surface area contributed by atoms with Crippen LogP contribution in [0.1, 0.15) is 33.1 Å². The monoisotopic (exact) mass is 524 g/mol. The van der Waals surface area contributed by atoms with Crippen molar-refractivity contribution in [2.24, 2.45) is 5.92 Å². The van der Waals surface area contributed by atoms with Crippen LogP contribution in [0.5, 0.6) is 0 Å². The van der Waals surface area contributed by atoms with Gasteiger partial charge in [-0.1, -0.05) is 45.2 Å². The molecule has 0 aromatic carbocycles. The third-order valence-electron chi connectivity index (χ3n) is 3.26. The number of carbonyl (C=O) groups excluding carboxylic acids is 2. The van der Waals surface area contributed by atoms with Gasteiger partial charge in [0.05, 0.1) is 5.92 Å². The largest absolute Gasteiger partial charge is 0.481 e. The van der Waals surface area contributed by atoms with Crippen molar-refractivity contribution in [2.45, 2.75) is 53.2 Å². The van der Waals surface area contributed by atoms with Crippen molar-refractivity contribution < 1.29 is 29.0 Å². The molecule has 1 aliphatic rings. The van der Waals surface area contributed by atoms with Crippen molar-refractivity contribution in [1.82, 2.24) is 0 Å². The second-order valence-corrected chi connectivity index (χ2v) is 8.76. The fourth-order valence-electron chi connectivity index (χ4n) is 2.11. The van der Waals surface area contributed by atoms with E-state index in [0.717, 1.165) is 0 Å². The van der Waals surface area contributed by atoms with Gasteiger partial charge in [0, 0.05) is 6.42 Å². The summed E-state index contributed by atoms with van der Waals surface area (Å²) >= 11 is 3.87. The van der Waals surface area contributed by atoms with Crippen LogP contribution in [0.3, 0.4) is 0 Å². The number of carboxylic acids is 1. The van der Waals surface area contributed by atoms with Crippen molar-refractivity contribution in [1.29, 1.82) is 0 Å². The molecule has 120 valence electrons. The number of carbonyl (C=O) groups is 3. The van der Waals surface area contributed by atoms with Crippen LogP contribution in [0, 0.1) is 5.92 Å². The molecule has 0 saturated heterocycles. The molecule has 0 bridgehead atoms. The highest BCUT2D eigenvalue weighted by Gasteiger charge is 2.39. The molecule has 5 unspecified atom stereocenters. The Hall–Kier alpha value is -0.130. The molecule has 0 heterocycles. The van der Waals surface area contributed by atoms with Crippen molar-refractivity contribution in [3.05, 3.63) is 0 Å². The van der Waals surface area contributed by atoms with E-state index < -0.39 is 30.1 Å². The summed E-state index contributed by atoms with van der Waals surface area (Å²) in [6, 6.07) is 0. The standard InChI is InChI=1S/C13H18I2O6/c1-6(14)12(18)20-8-3-4-9(11(16)17)10(5-8)21-13(19)7(2)15/h6-10H,3-5H2,1-2H3,(H,16,17). The summed E-state index contributed by atoms with van der Waals surface area (Å²) in [6.45, 7) is 3.40. The predicted molar refractivity (Wildman–Crippen MR) is 91.7 cm³/mol. The zero-order chi connectivity index (χ0) is 16.2. The molecule has 0 aromatic rings. The number of rotatable bonds is 5. The molecule has 8 heteroatoms. The van der Waals surface area contributed by atoms with Crippen molar-refractivity contribution in [2.75, 3.05) is 0 Å². The molecule has 1 rings (SSSR count). The molecule has 1 fully saturated rings. The van der Waals surface area contributed by atoms with Crippen LogP contribution in [-0.2, 0) is 23.9 Å². The highest BCUT2D eigenvalue weighted by atomic mass is 127. The summed E-state index contributed by atoms with van der Waals surface area (Å²) in [5, 5.41) is 9.21. The van der Waals surface area contributed by atoms with E-state index in [1.165, 1.54) is 0 Å². The van der Waals surface area contributed by atoms with Crippen LogP contribution in [-0.4, -0.2) is 43.1 Å². The van der Waals surface area contributed by atoms with Crippen molar-refractivity contribution in [3.63, 3.8) is 0 Å². The molecule has 1 aliphatic carbocycles. The molecule has 0 aliphatic heterocycles. The van der Waals surface area contributed by atoms with Crippen LogP contribution in [0.25, 0.3) is 0 Å². The van der Waals surface area contributed by atoms with Gasteiger partial charge in [0.25, 0.3) is 0 Å². The number of hydrogen-bond donors (Lipinski definition) is 1. The van der Waals surface area contributed by atoms with Gasteiger partial charge in [0.15, 0.2) is 0 Å². The Bertz CT molecular complexity index is 409. The van der Waals surface area contributed by atoms with Gasteiger partial charge < -0.3 is 14.6 Å². The second-order valence-electron chi connectivity index (χ2n) is 5.02. The fraction of sp³-hybridized carbons (Fsp3) is 0.769. The summed E-state index contributed by atoms with van der Waals surface area (Å²) in [5.74, 6) is -2.50. The van der Waals surface area contributed by atoms with Gasteiger partial charge in [0.2, 0.25) is 0 Å². The molecule has 0 radical (unpaired) electrons. The van der Waals surface area contributed by atoms with E-state index in [1.807, 2.05) is 45.2 Å². The lowest BCUT2D eigenvalue weighted by molar-refractivity contribution is -0.167. The minimum absolute atomic E-state index is 0.237. The van der Waals surface area contributed by atoms with E-state index in [1.54, 1.807) is 13.8 Å². The lowest BCUT2D eigenvalue weighted by Gasteiger charge is -2.33. The Morgan fingerprint density at radius 2 is 1.57 bits per heavy atom. The fourth-order valence-corrected chi connectivity index (χ4v) is 2.41. The summed E-state index contributed by atoms with van der Waals surface area (Å²) in [5.41, 5.74) is 0.